The van der Waals surface area contributed by atoms with Crippen LogP contribution in [0.4, 0.5) is 0 Å². The highest BCUT2D eigenvalue weighted by Crippen LogP contribution is 2.33. The fourth-order valence-electron chi connectivity index (χ4n) is 4.31. The van der Waals surface area contributed by atoms with Crippen molar-refractivity contribution in [2.45, 2.75) is 17.5 Å². The van der Waals surface area contributed by atoms with Crippen LogP contribution >= 0.6 is 23.3 Å². The lowest BCUT2D eigenvalue weighted by molar-refractivity contribution is 0.185. The first-order chi connectivity index (χ1) is 18.8. The lowest BCUT2D eigenvalue weighted by Crippen LogP contribution is -2.08. The summed E-state index contributed by atoms with van der Waals surface area (Å²) < 4.78 is 11.6. The summed E-state index contributed by atoms with van der Waals surface area (Å²) >= 11 is 3.03. The lowest BCUT2D eigenvalue weighted by Gasteiger charge is -2.13. The third-order valence-corrected chi connectivity index (χ3v) is 7.78. The number of nitrogens with zero attached hydrogens (tertiary/aromatic N) is 6. The van der Waals surface area contributed by atoms with Gasteiger partial charge in [0.1, 0.15) is 5.69 Å². The Bertz CT molecular complexity index is 1650. The second kappa shape index (κ2) is 11.2. The SMILES string of the molecule is COCCn1c(SCc2ccc(-c3csnn3)cc2)nnc1-c1cc(-c2ccccc2)nc2ccccc12. The van der Waals surface area contributed by atoms with Gasteiger partial charge in [0.25, 0.3) is 0 Å². The molecule has 0 fully saturated rings. The van der Waals surface area contributed by atoms with Crippen LogP contribution < -0.4 is 0 Å². The second-order valence-corrected chi connectivity index (χ2v) is 10.2. The van der Waals surface area contributed by atoms with E-state index in [9.17, 15) is 0 Å². The highest BCUT2D eigenvalue weighted by Gasteiger charge is 2.18. The van der Waals surface area contributed by atoms with E-state index in [1.54, 1.807) is 18.9 Å². The van der Waals surface area contributed by atoms with E-state index in [0.29, 0.717) is 13.2 Å². The highest BCUT2D eigenvalue weighted by molar-refractivity contribution is 7.98. The Morgan fingerprint density at radius 3 is 2.42 bits per heavy atom. The van der Waals surface area contributed by atoms with Crippen molar-refractivity contribution in [2.75, 3.05) is 13.7 Å². The Morgan fingerprint density at radius 2 is 1.63 bits per heavy atom. The average Bonchev–Trinajstić information content (AvgIpc) is 3.66. The standard InChI is InChI=1S/C29H24N6OS2/c1-36-16-15-35-28(24-17-26(21-7-3-2-4-8-21)30-25-10-6-5-9-23(24)25)32-33-29(35)37-18-20-11-13-22(14-12-20)27-19-38-34-31-27/h2-14,17,19H,15-16,18H2,1H3. The van der Waals surface area contributed by atoms with Crippen LogP contribution in [-0.2, 0) is 17.0 Å². The van der Waals surface area contributed by atoms with E-state index in [-0.39, 0.29) is 0 Å². The topological polar surface area (TPSA) is 78.6 Å². The van der Waals surface area contributed by atoms with Crippen LogP contribution in [0.15, 0.2) is 95.5 Å². The highest BCUT2D eigenvalue weighted by atomic mass is 32.2. The number of benzene rings is 3. The van der Waals surface area contributed by atoms with Crippen LogP contribution in [0.5, 0.6) is 0 Å². The molecule has 3 aromatic carbocycles. The second-order valence-electron chi connectivity index (χ2n) is 8.66. The maximum Gasteiger partial charge on any atom is 0.191 e. The number of thioether (sulfide) groups is 1. The van der Waals surface area contributed by atoms with E-state index in [1.807, 2.05) is 41.8 Å². The lowest BCUT2D eigenvalue weighted by atomic mass is 10.0. The van der Waals surface area contributed by atoms with Gasteiger partial charge < -0.3 is 4.74 Å². The van der Waals surface area contributed by atoms with Gasteiger partial charge in [0, 0.05) is 40.3 Å². The van der Waals surface area contributed by atoms with Crippen molar-refractivity contribution in [2.24, 2.45) is 0 Å². The van der Waals surface area contributed by atoms with E-state index in [1.165, 1.54) is 17.1 Å². The van der Waals surface area contributed by atoms with E-state index >= 15 is 0 Å². The van der Waals surface area contributed by atoms with Crippen LogP contribution in [0.2, 0.25) is 0 Å². The van der Waals surface area contributed by atoms with Gasteiger partial charge in [-0.05, 0) is 29.2 Å². The largest absolute Gasteiger partial charge is 0.383 e. The zero-order valence-electron chi connectivity index (χ0n) is 20.7. The molecule has 0 spiro atoms. The van der Waals surface area contributed by atoms with Gasteiger partial charge in [-0.3, -0.25) is 4.57 Å². The Hall–Kier alpha value is -3.92. The molecular formula is C29H24N6OS2. The molecule has 0 aliphatic heterocycles. The Balaban J connectivity index is 1.35. The molecule has 9 heteroatoms. The molecule has 0 atom stereocenters. The monoisotopic (exact) mass is 536 g/mol. The molecule has 188 valence electrons. The van der Waals surface area contributed by atoms with Crippen LogP contribution in [0, 0.1) is 0 Å². The van der Waals surface area contributed by atoms with Gasteiger partial charge in [-0.15, -0.1) is 15.3 Å². The summed E-state index contributed by atoms with van der Waals surface area (Å²) in [6, 6.07) is 29.0. The molecule has 6 aromatic rings. The molecule has 0 N–H and O–H groups in total. The van der Waals surface area contributed by atoms with Crippen molar-refractivity contribution < 1.29 is 4.74 Å². The minimum Gasteiger partial charge on any atom is -0.383 e. The predicted molar refractivity (Wildman–Crippen MR) is 153 cm³/mol. The number of pyridine rings is 1. The number of aromatic nitrogens is 6. The fraction of sp³-hybridized carbons (Fsp3) is 0.138. The first kappa shape index (κ1) is 24.4. The molecule has 0 aliphatic carbocycles. The molecule has 0 radical (unpaired) electrons. The summed E-state index contributed by atoms with van der Waals surface area (Å²) in [5.74, 6) is 1.58. The van der Waals surface area contributed by atoms with Crippen LogP contribution in [0.3, 0.4) is 0 Å². The van der Waals surface area contributed by atoms with Gasteiger partial charge in [0.05, 0.1) is 24.4 Å². The molecule has 3 heterocycles. The van der Waals surface area contributed by atoms with E-state index in [2.05, 4.69) is 72.9 Å². The molecule has 0 bridgehead atoms. The van der Waals surface area contributed by atoms with Gasteiger partial charge in [0.2, 0.25) is 0 Å². The minimum atomic E-state index is 0.559. The fourth-order valence-corrected chi connectivity index (χ4v) is 5.69. The average molecular weight is 537 g/mol. The zero-order chi connectivity index (χ0) is 25.7. The summed E-state index contributed by atoms with van der Waals surface area (Å²) in [6.45, 7) is 1.21. The Kier molecular flexibility index (Phi) is 7.21. The number of rotatable bonds is 9. The number of hydrogen-bond donors (Lipinski definition) is 0. The van der Waals surface area contributed by atoms with Crippen molar-refractivity contribution in [3.05, 3.63) is 95.9 Å². The summed E-state index contributed by atoms with van der Waals surface area (Å²) in [7, 11) is 1.71. The molecule has 7 nitrogen and oxygen atoms in total. The van der Waals surface area contributed by atoms with E-state index < -0.39 is 0 Å². The van der Waals surface area contributed by atoms with Crippen molar-refractivity contribution in [3.8, 4) is 33.9 Å². The molecule has 6 rings (SSSR count). The summed E-state index contributed by atoms with van der Waals surface area (Å²) in [4.78, 5) is 4.94. The zero-order valence-corrected chi connectivity index (χ0v) is 22.3. The first-order valence-corrected chi connectivity index (χ1v) is 14.0. The minimum absolute atomic E-state index is 0.559. The molecule has 3 aromatic heterocycles. The molecule has 0 saturated heterocycles. The maximum absolute atomic E-state index is 5.44. The van der Waals surface area contributed by atoms with E-state index in [4.69, 9.17) is 9.72 Å². The molecule has 0 unspecified atom stereocenters. The van der Waals surface area contributed by atoms with Crippen molar-refractivity contribution in [1.82, 2.24) is 29.3 Å². The maximum atomic E-state index is 5.44. The number of methoxy groups -OCH3 is 1. The smallest absolute Gasteiger partial charge is 0.191 e. The summed E-state index contributed by atoms with van der Waals surface area (Å²) in [6.07, 6.45) is 0. The van der Waals surface area contributed by atoms with Crippen molar-refractivity contribution >= 4 is 34.2 Å². The van der Waals surface area contributed by atoms with Gasteiger partial charge in [0.15, 0.2) is 11.0 Å². The van der Waals surface area contributed by atoms with Crippen LogP contribution in [0.25, 0.3) is 44.8 Å². The molecule has 0 aliphatic rings. The molecule has 38 heavy (non-hydrogen) atoms. The number of fused-ring (bicyclic) bond motifs is 1. The van der Waals surface area contributed by atoms with E-state index in [0.717, 1.165) is 55.7 Å². The van der Waals surface area contributed by atoms with Crippen molar-refractivity contribution in [1.29, 1.82) is 0 Å². The van der Waals surface area contributed by atoms with Crippen molar-refractivity contribution in [3.63, 3.8) is 0 Å². The van der Waals surface area contributed by atoms with Gasteiger partial charge in [-0.2, -0.15) is 0 Å². The Morgan fingerprint density at radius 1 is 0.842 bits per heavy atom. The molecule has 0 saturated carbocycles. The predicted octanol–water partition coefficient (Wildman–Crippen LogP) is 6.62. The Labute approximate surface area is 228 Å². The molecular weight excluding hydrogens is 512 g/mol. The number of para-hydroxylation sites is 1. The third kappa shape index (κ3) is 5.08. The van der Waals surface area contributed by atoms with Crippen LogP contribution in [-0.4, -0.2) is 43.1 Å². The summed E-state index contributed by atoms with van der Waals surface area (Å²) in [5.41, 5.74) is 7.07. The van der Waals surface area contributed by atoms with Gasteiger partial charge in [-0.25, -0.2) is 4.98 Å². The van der Waals surface area contributed by atoms with Crippen LogP contribution in [0.1, 0.15) is 5.56 Å². The molecule has 0 amide bonds. The van der Waals surface area contributed by atoms with Gasteiger partial charge >= 0.3 is 0 Å². The third-order valence-electron chi connectivity index (χ3n) is 6.24. The number of hydrogen-bond acceptors (Lipinski definition) is 8. The van der Waals surface area contributed by atoms with Gasteiger partial charge in [-0.1, -0.05) is 89.0 Å². The quantitative estimate of drug-likeness (QED) is 0.192. The summed E-state index contributed by atoms with van der Waals surface area (Å²) in [5, 5.41) is 17.3. The first-order valence-electron chi connectivity index (χ1n) is 12.2. The normalized spacial score (nSPS) is 11.3. The number of ether oxygens (including phenoxy) is 1.